The lowest BCUT2D eigenvalue weighted by molar-refractivity contribution is 0.0960. The van der Waals surface area contributed by atoms with Crippen LogP contribution in [0.1, 0.15) is 27.6 Å². The van der Waals surface area contributed by atoms with Crippen LogP contribution in [0.5, 0.6) is 0 Å². The van der Waals surface area contributed by atoms with Gasteiger partial charge in [-0.3, -0.25) is 9.59 Å². The van der Waals surface area contributed by atoms with Crippen LogP contribution in [0, 0.1) is 0 Å². The summed E-state index contributed by atoms with van der Waals surface area (Å²) in [5.41, 5.74) is 0.888. The predicted molar refractivity (Wildman–Crippen MR) is 64.0 cm³/mol. The van der Waals surface area contributed by atoms with Crippen LogP contribution < -0.4 is 0 Å². The molecule has 1 aliphatic carbocycles. The number of benzene rings is 1. The zero-order valence-electron chi connectivity index (χ0n) is 9.38. The van der Waals surface area contributed by atoms with Crippen LogP contribution in [0.3, 0.4) is 0 Å². The number of rotatable bonds is 2. The third-order valence-corrected chi connectivity index (χ3v) is 2.68. The molecule has 0 spiro atoms. The molecule has 0 heterocycles. The maximum atomic E-state index is 12.1. The zero-order chi connectivity index (χ0) is 12.4. The van der Waals surface area contributed by atoms with Crippen molar-refractivity contribution in [1.29, 1.82) is 0 Å². The van der Waals surface area contributed by atoms with Gasteiger partial charge in [-0.15, -0.1) is 0 Å². The number of Topliss-reactive ketones (excluding diaryl/α,β-unsaturated/α-hetero) is 1. The van der Waals surface area contributed by atoms with Crippen LogP contribution >= 0.6 is 0 Å². The number of hydrogen-bond donors (Lipinski definition) is 1. The lowest BCUT2D eigenvalue weighted by atomic mass is 9.87. The first-order valence-corrected chi connectivity index (χ1v) is 5.35. The first-order chi connectivity index (χ1) is 8.15. The molecule has 0 saturated heterocycles. The molecule has 0 aromatic heterocycles. The third-order valence-electron chi connectivity index (χ3n) is 2.68. The molecule has 0 fully saturated rings. The molecule has 17 heavy (non-hydrogen) atoms. The fraction of sp³-hybridized carbons (Fsp3) is 0.143. The average molecular weight is 228 g/mol. The highest BCUT2D eigenvalue weighted by molar-refractivity contribution is 6.24. The van der Waals surface area contributed by atoms with Crippen molar-refractivity contribution >= 4 is 11.6 Å². The number of allylic oxidation sites excluding steroid dienone is 2. The molecule has 0 aliphatic heterocycles. The van der Waals surface area contributed by atoms with Gasteiger partial charge < -0.3 is 5.11 Å². The van der Waals surface area contributed by atoms with Crippen molar-refractivity contribution in [3.8, 4) is 0 Å². The van der Waals surface area contributed by atoms with Gasteiger partial charge in [-0.1, -0.05) is 36.4 Å². The molecule has 2 rings (SSSR count). The average Bonchev–Trinajstić information content (AvgIpc) is 2.34. The van der Waals surface area contributed by atoms with Crippen molar-refractivity contribution in [3.05, 3.63) is 59.2 Å². The second-order valence-electron chi connectivity index (χ2n) is 3.81. The summed E-state index contributed by atoms with van der Waals surface area (Å²) >= 11 is 0. The van der Waals surface area contributed by atoms with E-state index in [0.717, 1.165) is 0 Å². The Morgan fingerprint density at radius 3 is 2.47 bits per heavy atom. The summed E-state index contributed by atoms with van der Waals surface area (Å²) < 4.78 is 0. The van der Waals surface area contributed by atoms with Gasteiger partial charge in [-0.2, -0.15) is 0 Å². The SMILES string of the molecule is C/C=C/C(O)C1=CC(=O)c2ccccc2C1=O. The summed E-state index contributed by atoms with van der Waals surface area (Å²) in [6.45, 7) is 1.74. The summed E-state index contributed by atoms with van der Waals surface area (Å²) in [4.78, 5) is 23.9. The molecular formula is C14H12O3. The summed E-state index contributed by atoms with van der Waals surface area (Å²) in [5, 5.41) is 9.76. The molecule has 3 heteroatoms. The smallest absolute Gasteiger partial charge is 0.192 e. The highest BCUT2D eigenvalue weighted by Crippen LogP contribution is 2.23. The molecule has 0 radical (unpaired) electrons. The lowest BCUT2D eigenvalue weighted by Crippen LogP contribution is -2.23. The number of fused-ring (bicyclic) bond motifs is 1. The van der Waals surface area contributed by atoms with E-state index in [1.165, 1.54) is 12.2 Å². The highest BCUT2D eigenvalue weighted by atomic mass is 16.3. The van der Waals surface area contributed by atoms with Crippen molar-refractivity contribution in [2.75, 3.05) is 0 Å². The van der Waals surface area contributed by atoms with Crippen LogP contribution in [0.4, 0.5) is 0 Å². The van der Waals surface area contributed by atoms with Gasteiger partial charge in [0.05, 0.1) is 0 Å². The van der Waals surface area contributed by atoms with Gasteiger partial charge in [0.15, 0.2) is 11.6 Å². The Kier molecular flexibility index (Phi) is 3.02. The van der Waals surface area contributed by atoms with Crippen LogP contribution in [-0.4, -0.2) is 22.8 Å². The standard InChI is InChI=1S/C14H12O3/c1-2-5-12(15)11-8-13(16)9-6-3-4-7-10(9)14(11)17/h2-8,12,15H,1H3/b5-2+. The molecule has 1 aliphatic rings. The molecule has 0 saturated carbocycles. The quantitative estimate of drug-likeness (QED) is 0.787. The number of carbonyl (C=O) groups is 2. The van der Waals surface area contributed by atoms with Gasteiger partial charge in [-0.25, -0.2) is 0 Å². The van der Waals surface area contributed by atoms with E-state index < -0.39 is 6.10 Å². The van der Waals surface area contributed by atoms with E-state index in [4.69, 9.17) is 0 Å². The summed E-state index contributed by atoms with van der Waals surface area (Å²) in [7, 11) is 0. The van der Waals surface area contributed by atoms with Gasteiger partial charge in [0.25, 0.3) is 0 Å². The van der Waals surface area contributed by atoms with Crippen LogP contribution in [-0.2, 0) is 0 Å². The summed E-state index contributed by atoms with van der Waals surface area (Å²) in [6.07, 6.45) is 3.31. The number of aliphatic hydroxyl groups is 1. The summed E-state index contributed by atoms with van der Waals surface area (Å²) in [5.74, 6) is -0.524. The monoisotopic (exact) mass is 228 g/mol. The van der Waals surface area contributed by atoms with Gasteiger partial charge >= 0.3 is 0 Å². The molecule has 1 aromatic rings. The van der Waals surface area contributed by atoms with E-state index in [0.29, 0.717) is 11.1 Å². The third kappa shape index (κ3) is 1.97. The van der Waals surface area contributed by atoms with E-state index in [2.05, 4.69) is 0 Å². The van der Waals surface area contributed by atoms with Crippen molar-refractivity contribution in [1.82, 2.24) is 0 Å². The minimum atomic E-state index is -1.02. The molecule has 86 valence electrons. The van der Waals surface area contributed by atoms with E-state index >= 15 is 0 Å². The van der Waals surface area contributed by atoms with E-state index in [9.17, 15) is 14.7 Å². The molecule has 1 N–H and O–H groups in total. The second kappa shape index (κ2) is 4.47. The van der Waals surface area contributed by atoms with E-state index in [1.54, 1.807) is 37.3 Å². The number of ketones is 2. The van der Waals surface area contributed by atoms with Crippen LogP contribution in [0.2, 0.25) is 0 Å². The van der Waals surface area contributed by atoms with Crippen LogP contribution in [0.15, 0.2) is 48.1 Å². The van der Waals surface area contributed by atoms with E-state index in [-0.39, 0.29) is 17.1 Å². The molecule has 3 nitrogen and oxygen atoms in total. The minimum absolute atomic E-state index is 0.131. The number of aliphatic hydroxyl groups excluding tert-OH is 1. The topological polar surface area (TPSA) is 54.4 Å². The molecule has 0 amide bonds. The second-order valence-corrected chi connectivity index (χ2v) is 3.81. The van der Waals surface area contributed by atoms with Gasteiger partial charge in [0.1, 0.15) is 6.10 Å². The van der Waals surface area contributed by atoms with Crippen molar-refractivity contribution in [2.45, 2.75) is 13.0 Å². The first-order valence-electron chi connectivity index (χ1n) is 5.35. The lowest BCUT2D eigenvalue weighted by Gasteiger charge is -2.16. The Morgan fingerprint density at radius 1 is 1.18 bits per heavy atom. The Labute approximate surface area is 99.1 Å². The Morgan fingerprint density at radius 2 is 1.82 bits per heavy atom. The normalized spacial score (nSPS) is 16.9. The number of hydrogen-bond acceptors (Lipinski definition) is 3. The maximum Gasteiger partial charge on any atom is 0.192 e. The van der Waals surface area contributed by atoms with Gasteiger partial charge in [-0.05, 0) is 13.0 Å². The Bertz CT molecular complexity index is 538. The summed E-state index contributed by atoms with van der Waals surface area (Å²) in [6, 6.07) is 6.63. The molecule has 1 atom stereocenters. The molecule has 1 unspecified atom stereocenters. The van der Waals surface area contributed by atoms with Crippen LogP contribution in [0.25, 0.3) is 0 Å². The van der Waals surface area contributed by atoms with E-state index in [1.807, 2.05) is 0 Å². The molecule has 1 aromatic carbocycles. The van der Waals surface area contributed by atoms with Crippen molar-refractivity contribution in [3.63, 3.8) is 0 Å². The van der Waals surface area contributed by atoms with Crippen molar-refractivity contribution < 1.29 is 14.7 Å². The van der Waals surface area contributed by atoms with Gasteiger partial charge in [0, 0.05) is 16.7 Å². The fourth-order valence-electron chi connectivity index (χ4n) is 1.84. The predicted octanol–water partition coefficient (Wildman–Crippen LogP) is 1.93. The molecular weight excluding hydrogens is 216 g/mol. The first kappa shape index (κ1) is 11.5. The zero-order valence-corrected chi connectivity index (χ0v) is 9.38. The van der Waals surface area contributed by atoms with Crippen molar-refractivity contribution in [2.24, 2.45) is 0 Å². The Balaban J connectivity index is 2.48. The Hall–Kier alpha value is -2.00. The number of carbonyl (C=O) groups excluding carboxylic acids is 2. The van der Waals surface area contributed by atoms with Gasteiger partial charge in [0.2, 0.25) is 0 Å². The molecule has 0 bridgehead atoms. The maximum absolute atomic E-state index is 12.1. The minimum Gasteiger partial charge on any atom is -0.384 e. The largest absolute Gasteiger partial charge is 0.384 e. The highest BCUT2D eigenvalue weighted by Gasteiger charge is 2.27. The fourth-order valence-corrected chi connectivity index (χ4v) is 1.84.